The fraction of sp³-hybridized carbons (Fsp3) is 0.650. The van der Waals surface area contributed by atoms with Gasteiger partial charge in [0.1, 0.15) is 5.75 Å². The van der Waals surface area contributed by atoms with Crippen molar-refractivity contribution in [2.24, 2.45) is 0 Å². The van der Waals surface area contributed by atoms with Crippen molar-refractivity contribution in [1.82, 2.24) is 10.2 Å². The lowest BCUT2D eigenvalue weighted by Crippen LogP contribution is -2.45. The summed E-state index contributed by atoms with van der Waals surface area (Å²) in [5.41, 5.74) is 2.38. The summed E-state index contributed by atoms with van der Waals surface area (Å²) in [7, 11) is 1.89. The Labute approximate surface area is 146 Å². The van der Waals surface area contributed by atoms with E-state index in [0.717, 1.165) is 24.2 Å². The smallest absolute Gasteiger partial charge is 0.319 e. The van der Waals surface area contributed by atoms with E-state index in [9.17, 15) is 4.79 Å². The average molecular weight is 332 g/mol. The van der Waals surface area contributed by atoms with Gasteiger partial charge in [-0.15, -0.1) is 0 Å². The number of benzene rings is 1. The summed E-state index contributed by atoms with van der Waals surface area (Å²) in [5.74, 6) is 0.841. The number of nitrogens with zero attached hydrogens (tertiary/aromatic N) is 1. The van der Waals surface area contributed by atoms with Crippen LogP contribution < -0.4 is 10.1 Å². The fourth-order valence-electron chi connectivity index (χ4n) is 3.29. The van der Waals surface area contributed by atoms with Crippen LogP contribution in [0.3, 0.4) is 0 Å². The molecule has 134 valence electrons. The normalized spacial score (nSPS) is 15.9. The van der Waals surface area contributed by atoms with E-state index in [-0.39, 0.29) is 18.2 Å². The maximum absolute atomic E-state index is 12.3. The van der Waals surface area contributed by atoms with Crippen LogP contribution in [0.2, 0.25) is 0 Å². The van der Waals surface area contributed by atoms with E-state index in [1.54, 1.807) is 0 Å². The minimum atomic E-state index is -0.0497. The Balaban J connectivity index is 1.91. The Hall–Kier alpha value is -1.71. The Morgan fingerprint density at radius 2 is 1.92 bits per heavy atom. The number of ether oxygens (including phenoxy) is 1. The van der Waals surface area contributed by atoms with E-state index >= 15 is 0 Å². The molecule has 0 atom stereocenters. The van der Waals surface area contributed by atoms with Gasteiger partial charge in [0.2, 0.25) is 0 Å². The molecule has 0 saturated heterocycles. The first-order chi connectivity index (χ1) is 11.3. The highest BCUT2D eigenvalue weighted by Gasteiger charge is 2.22. The van der Waals surface area contributed by atoms with Crippen molar-refractivity contribution >= 4 is 6.03 Å². The van der Waals surface area contributed by atoms with Gasteiger partial charge in [0, 0.05) is 13.1 Å². The SMILES string of the molecule is Cc1ccc(OCNC(=O)N(C)C2CCCCC2)c(C(C)(C)C)c1. The van der Waals surface area contributed by atoms with E-state index in [1.807, 2.05) is 24.1 Å². The van der Waals surface area contributed by atoms with Gasteiger partial charge in [0.25, 0.3) is 0 Å². The van der Waals surface area contributed by atoms with Crippen LogP contribution in [0.15, 0.2) is 18.2 Å². The second kappa shape index (κ2) is 7.91. The predicted molar refractivity (Wildman–Crippen MR) is 98.5 cm³/mol. The van der Waals surface area contributed by atoms with Crippen molar-refractivity contribution in [2.45, 2.75) is 71.3 Å². The van der Waals surface area contributed by atoms with Crippen LogP contribution in [0.1, 0.15) is 64.0 Å². The Kier molecular flexibility index (Phi) is 6.14. The highest BCUT2D eigenvalue weighted by atomic mass is 16.5. The zero-order valence-electron chi connectivity index (χ0n) is 15.8. The van der Waals surface area contributed by atoms with Crippen LogP contribution in [0, 0.1) is 6.92 Å². The molecule has 1 fully saturated rings. The zero-order valence-corrected chi connectivity index (χ0v) is 15.8. The van der Waals surface area contributed by atoms with Crippen LogP contribution in [0.25, 0.3) is 0 Å². The number of urea groups is 1. The molecule has 0 heterocycles. The topological polar surface area (TPSA) is 41.6 Å². The number of carbonyl (C=O) groups excluding carboxylic acids is 1. The fourth-order valence-corrected chi connectivity index (χ4v) is 3.29. The van der Waals surface area contributed by atoms with Gasteiger partial charge in [-0.05, 0) is 36.8 Å². The van der Waals surface area contributed by atoms with E-state index in [0.29, 0.717) is 6.04 Å². The van der Waals surface area contributed by atoms with Gasteiger partial charge < -0.3 is 15.0 Å². The van der Waals surface area contributed by atoms with Crippen molar-refractivity contribution in [1.29, 1.82) is 0 Å². The lowest BCUT2D eigenvalue weighted by molar-refractivity contribution is 0.163. The van der Waals surface area contributed by atoms with Crippen LogP contribution in [-0.2, 0) is 5.41 Å². The van der Waals surface area contributed by atoms with Gasteiger partial charge >= 0.3 is 6.03 Å². The molecule has 4 nitrogen and oxygen atoms in total. The first-order valence-electron chi connectivity index (χ1n) is 9.03. The molecule has 2 rings (SSSR count). The number of nitrogens with one attached hydrogen (secondary N) is 1. The van der Waals surface area contributed by atoms with Gasteiger partial charge in [-0.3, -0.25) is 0 Å². The van der Waals surface area contributed by atoms with E-state index < -0.39 is 0 Å². The number of amides is 2. The van der Waals surface area contributed by atoms with Gasteiger partial charge in [-0.2, -0.15) is 0 Å². The molecule has 0 aliphatic heterocycles. The minimum absolute atomic E-state index is 0.00422. The van der Waals surface area contributed by atoms with Crippen molar-refractivity contribution in [2.75, 3.05) is 13.8 Å². The summed E-state index contributed by atoms with van der Waals surface area (Å²) < 4.78 is 5.87. The molecular weight excluding hydrogens is 300 g/mol. The van der Waals surface area contributed by atoms with Crippen LogP contribution in [-0.4, -0.2) is 30.8 Å². The Morgan fingerprint density at radius 1 is 1.25 bits per heavy atom. The Morgan fingerprint density at radius 3 is 2.54 bits per heavy atom. The van der Waals surface area contributed by atoms with Crippen molar-refractivity contribution < 1.29 is 9.53 Å². The molecule has 1 aromatic carbocycles. The highest BCUT2D eigenvalue weighted by molar-refractivity contribution is 5.74. The van der Waals surface area contributed by atoms with E-state index in [1.165, 1.54) is 24.8 Å². The largest absolute Gasteiger partial charge is 0.473 e. The standard InChI is InChI=1S/C20H32N2O2/c1-15-11-12-18(17(13-15)20(2,3)4)24-14-21-19(23)22(5)16-9-7-6-8-10-16/h11-13,16H,6-10,14H2,1-5H3,(H,21,23). The second-order valence-electron chi connectivity index (χ2n) is 7.92. The molecule has 1 saturated carbocycles. The van der Waals surface area contributed by atoms with Gasteiger partial charge in [-0.1, -0.05) is 57.7 Å². The van der Waals surface area contributed by atoms with Crippen molar-refractivity contribution in [3.8, 4) is 5.75 Å². The maximum Gasteiger partial charge on any atom is 0.319 e. The van der Waals surface area contributed by atoms with Crippen molar-refractivity contribution in [3.05, 3.63) is 29.3 Å². The third-order valence-electron chi connectivity index (χ3n) is 4.84. The molecule has 0 radical (unpaired) electrons. The summed E-state index contributed by atoms with van der Waals surface area (Å²) in [6.07, 6.45) is 5.94. The number of rotatable bonds is 4. The van der Waals surface area contributed by atoms with Crippen LogP contribution in [0.5, 0.6) is 5.75 Å². The first kappa shape index (κ1) is 18.6. The molecular formula is C20H32N2O2. The number of aryl methyl sites for hydroxylation is 1. The zero-order chi connectivity index (χ0) is 17.7. The summed E-state index contributed by atoms with van der Waals surface area (Å²) in [5, 5.41) is 2.89. The van der Waals surface area contributed by atoms with E-state index in [4.69, 9.17) is 4.74 Å². The summed E-state index contributed by atoms with van der Waals surface area (Å²) in [6, 6.07) is 6.51. The molecule has 24 heavy (non-hydrogen) atoms. The lowest BCUT2D eigenvalue weighted by atomic mass is 9.85. The van der Waals surface area contributed by atoms with E-state index in [2.05, 4.69) is 39.1 Å². The molecule has 0 bridgehead atoms. The summed E-state index contributed by atoms with van der Waals surface area (Å²) in [6.45, 7) is 8.79. The highest BCUT2D eigenvalue weighted by Crippen LogP contribution is 2.32. The predicted octanol–water partition coefficient (Wildman–Crippen LogP) is 4.60. The number of carbonyl (C=O) groups is 1. The maximum atomic E-state index is 12.3. The second-order valence-corrected chi connectivity index (χ2v) is 7.92. The lowest BCUT2D eigenvalue weighted by Gasteiger charge is -2.31. The first-order valence-corrected chi connectivity index (χ1v) is 9.03. The molecule has 0 aromatic heterocycles. The molecule has 1 aliphatic rings. The van der Waals surface area contributed by atoms with Crippen LogP contribution in [0.4, 0.5) is 4.79 Å². The Bertz CT molecular complexity index is 557. The average Bonchev–Trinajstić information content (AvgIpc) is 2.55. The van der Waals surface area contributed by atoms with Gasteiger partial charge in [0.15, 0.2) is 6.73 Å². The van der Waals surface area contributed by atoms with Gasteiger partial charge in [-0.25, -0.2) is 4.79 Å². The molecule has 0 unspecified atom stereocenters. The minimum Gasteiger partial charge on any atom is -0.473 e. The molecule has 4 heteroatoms. The third kappa shape index (κ3) is 4.89. The number of hydrogen-bond acceptors (Lipinski definition) is 2. The van der Waals surface area contributed by atoms with Gasteiger partial charge in [0.05, 0.1) is 0 Å². The number of hydrogen-bond donors (Lipinski definition) is 1. The van der Waals surface area contributed by atoms with Crippen LogP contribution >= 0.6 is 0 Å². The monoisotopic (exact) mass is 332 g/mol. The quantitative estimate of drug-likeness (QED) is 0.819. The molecule has 1 N–H and O–H groups in total. The molecule has 0 spiro atoms. The molecule has 1 aromatic rings. The summed E-state index contributed by atoms with van der Waals surface area (Å²) >= 11 is 0. The summed E-state index contributed by atoms with van der Waals surface area (Å²) in [4.78, 5) is 14.1. The molecule has 2 amide bonds. The molecule has 1 aliphatic carbocycles. The van der Waals surface area contributed by atoms with Crippen molar-refractivity contribution in [3.63, 3.8) is 0 Å². The third-order valence-corrected chi connectivity index (χ3v) is 4.84.